The second kappa shape index (κ2) is 11.8. The van der Waals surface area contributed by atoms with E-state index >= 15 is 4.39 Å². The fourth-order valence-electron chi connectivity index (χ4n) is 6.01. The minimum atomic E-state index is -1.77. The normalized spacial score (nSPS) is 17.7. The van der Waals surface area contributed by atoms with Gasteiger partial charge in [0.25, 0.3) is 5.56 Å². The summed E-state index contributed by atoms with van der Waals surface area (Å²) in [4.78, 5) is 49.6. The molecule has 4 heterocycles. The zero-order valence-corrected chi connectivity index (χ0v) is 26.2. The first-order valence-electron chi connectivity index (χ1n) is 15.0. The molecule has 0 aliphatic carbocycles. The van der Waals surface area contributed by atoms with Gasteiger partial charge >= 0.3 is 6.09 Å². The van der Waals surface area contributed by atoms with Crippen LogP contribution in [-0.2, 0) is 28.9 Å². The van der Waals surface area contributed by atoms with Crippen LogP contribution in [0.3, 0.4) is 0 Å². The van der Waals surface area contributed by atoms with E-state index in [1.165, 1.54) is 15.8 Å². The molecule has 44 heavy (non-hydrogen) atoms. The van der Waals surface area contributed by atoms with Crippen molar-refractivity contribution in [1.82, 2.24) is 24.3 Å². The minimum Gasteiger partial charge on any atom is -0.444 e. The van der Waals surface area contributed by atoms with E-state index in [0.29, 0.717) is 59.5 Å². The molecule has 236 valence electrons. The van der Waals surface area contributed by atoms with Crippen LogP contribution in [-0.4, -0.2) is 73.2 Å². The summed E-state index contributed by atoms with van der Waals surface area (Å²) < 4.78 is 22.9. The molecule has 2 amide bonds. The second-order valence-corrected chi connectivity index (χ2v) is 13.0. The molecular formula is C32H41FN6O5. The molecule has 0 bridgehead atoms. The summed E-state index contributed by atoms with van der Waals surface area (Å²) in [7, 11) is 1.69. The Balaban J connectivity index is 1.40. The number of aromatic nitrogens is 3. The molecule has 2 aliphatic heterocycles. The largest absolute Gasteiger partial charge is 0.444 e. The van der Waals surface area contributed by atoms with Crippen LogP contribution in [0.5, 0.6) is 0 Å². The van der Waals surface area contributed by atoms with Crippen LogP contribution in [0.1, 0.15) is 81.7 Å². The van der Waals surface area contributed by atoms with Crippen molar-refractivity contribution < 1.29 is 23.8 Å². The quantitative estimate of drug-likeness (QED) is 0.427. The van der Waals surface area contributed by atoms with E-state index in [1.54, 1.807) is 51.8 Å². The summed E-state index contributed by atoms with van der Waals surface area (Å²) >= 11 is 0. The molecule has 2 N–H and O–H groups in total. The van der Waals surface area contributed by atoms with E-state index in [9.17, 15) is 19.5 Å². The van der Waals surface area contributed by atoms with Crippen LogP contribution >= 0.6 is 0 Å². The highest BCUT2D eigenvalue weighted by molar-refractivity contribution is 5.87. The third kappa shape index (κ3) is 6.26. The van der Waals surface area contributed by atoms with Crippen LogP contribution in [0.4, 0.5) is 15.0 Å². The lowest BCUT2D eigenvalue weighted by Crippen LogP contribution is -2.59. The van der Waals surface area contributed by atoms with Gasteiger partial charge in [-0.15, -0.1) is 0 Å². The maximum atomic E-state index is 16.0. The number of pyridine rings is 1. The lowest BCUT2D eigenvalue weighted by atomic mass is 9.85. The van der Waals surface area contributed by atoms with Crippen LogP contribution in [0.25, 0.3) is 11.0 Å². The summed E-state index contributed by atoms with van der Waals surface area (Å²) in [6, 6.07) is 6.68. The van der Waals surface area contributed by atoms with Crippen molar-refractivity contribution in [3.05, 3.63) is 63.2 Å². The third-order valence-corrected chi connectivity index (χ3v) is 8.52. The Hall–Kier alpha value is -4.06. The predicted octanol–water partition coefficient (Wildman–Crippen LogP) is 4.14. The monoisotopic (exact) mass is 608 g/mol. The van der Waals surface area contributed by atoms with Crippen LogP contribution in [0, 0.1) is 0 Å². The molecular weight excluding hydrogens is 567 g/mol. The van der Waals surface area contributed by atoms with Gasteiger partial charge in [0.1, 0.15) is 23.4 Å². The first-order valence-corrected chi connectivity index (χ1v) is 15.0. The average molecular weight is 609 g/mol. The van der Waals surface area contributed by atoms with Gasteiger partial charge in [-0.1, -0.05) is 18.2 Å². The predicted molar refractivity (Wildman–Crippen MR) is 164 cm³/mol. The topological polar surface area (TPSA) is 130 Å². The van der Waals surface area contributed by atoms with E-state index in [-0.39, 0.29) is 43.1 Å². The van der Waals surface area contributed by atoms with Crippen LogP contribution in [0.15, 0.2) is 35.4 Å². The number of nitrogens with zero attached hydrogens (tertiary/aromatic N) is 5. The van der Waals surface area contributed by atoms with Gasteiger partial charge < -0.3 is 25.0 Å². The Morgan fingerprint density at radius 1 is 1.14 bits per heavy atom. The summed E-state index contributed by atoms with van der Waals surface area (Å²) in [5, 5.41) is 14.1. The Morgan fingerprint density at radius 2 is 1.82 bits per heavy atom. The number of piperidine rings is 1. The molecule has 2 saturated heterocycles. The Morgan fingerprint density at radius 3 is 2.43 bits per heavy atom. The molecule has 2 aromatic heterocycles. The number of carbonyl (C=O) groups excluding carboxylic acids is 2. The maximum absolute atomic E-state index is 16.0. The van der Waals surface area contributed by atoms with E-state index in [0.717, 1.165) is 5.56 Å². The molecule has 1 aromatic carbocycles. The van der Waals surface area contributed by atoms with Gasteiger partial charge in [-0.3, -0.25) is 14.2 Å². The lowest BCUT2D eigenvalue weighted by molar-refractivity contribution is -0.129. The third-order valence-electron chi connectivity index (χ3n) is 8.52. The Bertz CT molecular complexity index is 1640. The van der Waals surface area contributed by atoms with Gasteiger partial charge in [0.2, 0.25) is 5.91 Å². The molecule has 11 nitrogen and oxygen atoms in total. The number of carbonyl (C=O) groups is 2. The molecule has 5 rings (SSSR count). The first kappa shape index (κ1) is 31.4. The number of hydrogen-bond acceptors (Lipinski definition) is 8. The van der Waals surface area contributed by atoms with Crippen molar-refractivity contribution in [2.24, 2.45) is 7.05 Å². The highest BCUT2D eigenvalue weighted by atomic mass is 19.1. The molecule has 1 atom stereocenters. The molecule has 0 spiro atoms. The number of aryl methyl sites for hydroxylation is 1. The smallest absolute Gasteiger partial charge is 0.410 e. The summed E-state index contributed by atoms with van der Waals surface area (Å²) in [5.74, 6) is 0.561. The van der Waals surface area contributed by atoms with Gasteiger partial charge in [-0.25, -0.2) is 19.2 Å². The number of benzene rings is 1. The molecule has 2 aliphatic rings. The number of ether oxygens (including phenoxy) is 1. The number of anilines is 1. The molecule has 0 radical (unpaired) electrons. The van der Waals surface area contributed by atoms with Crippen molar-refractivity contribution in [3.63, 3.8) is 0 Å². The maximum Gasteiger partial charge on any atom is 0.410 e. The summed E-state index contributed by atoms with van der Waals surface area (Å²) in [6.45, 7) is 9.40. The Kier molecular flexibility index (Phi) is 8.41. The fourth-order valence-corrected chi connectivity index (χ4v) is 6.01. The number of alkyl halides is 1. The SMILES string of the molecule is CC(=O)N1CCC(c2cc3c(N[C@H](C)c4cc(CO)cc(C5(F)CN(C(=O)OC(C)(C)C)C5)c4)ncnc3n(C)c2=O)CC1. The zero-order valence-electron chi connectivity index (χ0n) is 26.2. The molecule has 3 aromatic rings. The number of hydrogen-bond donors (Lipinski definition) is 2. The van der Waals surface area contributed by atoms with E-state index < -0.39 is 17.4 Å². The number of amides is 2. The van der Waals surface area contributed by atoms with Crippen molar-refractivity contribution in [2.45, 2.75) is 77.3 Å². The number of nitrogens with one attached hydrogen (secondary N) is 1. The molecule has 12 heteroatoms. The molecule has 0 saturated carbocycles. The Labute approximate surface area is 256 Å². The first-order chi connectivity index (χ1) is 20.7. The van der Waals surface area contributed by atoms with Crippen molar-refractivity contribution in [2.75, 3.05) is 31.5 Å². The van der Waals surface area contributed by atoms with Crippen LogP contribution in [0.2, 0.25) is 0 Å². The summed E-state index contributed by atoms with van der Waals surface area (Å²) in [6.07, 6.45) is 2.22. The zero-order chi connectivity index (χ0) is 32.0. The van der Waals surface area contributed by atoms with Gasteiger partial charge in [0.15, 0.2) is 5.67 Å². The van der Waals surface area contributed by atoms with E-state index in [2.05, 4.69) is 15.3 Å². The average Bonchev–Trinajstić information content (AvgIpc) is 2.96. The standard InChI is InChI=1S/C32H41FN6O5/c1-19(23-11-21(15-40)12-24(13-23)32(33)16-39(17-32)30(43)44-31(3,4)5)36-27-26-14-25(22-7-9-38(10-8-22)20(2)41)29(42)37(6)28(26)35-18-34-27/h11-14,18-19,22,40H,7-10,15-17H2,1-6H3,(H,34,35,36)/t19-/m1/s1. The summed E-state index contributed by atoms with van der Waals surface area (Å²) in [5.41, 5.74) is 0.227. The van der Waals surface area contributed by atoms with Crippen molar-refractivity contribution >= 4 is 28.9 Å². The van der Waals surface area contributed by atoms with Crippen LogP contribution < -0.4 is 10.9 Å². The fraction of sp³-hybridized carbons (Fsp3) is 0.531. The number of fused-ring (bicyclic) bond motifs is 1. The van der Waals surface area contributed by atoms with Gasteiger partial charge in [-0.05, 0) is 69.2 Å². The number of aliphatic hydroxyl groups excluding tert-OH is 1. The number of halogens is 1. The number of aliphatic hydroxyl groups is 1. The van der Waals surface area contributed by atoms with Gasteiger partial charge in [0, 0.05) is 38.7 Å². The molecule has 0 unspecified atom stereocenters. The number of likely N-dealkylation sites (tertiary alicyclic amines) is 2. The van der Waals surface area contributed by atoms with Crippen molar-refractivity contribution in [1.29, 1.82) is 0 Å². The number of rotatable bonds is 6. The highest BCUT2D eigenvalue weighted by Crippen LogP contribution is 2.39. The van der Waals surface area contributed by atoms with E-state index in [1.807, 2.05) is 19.1 Å². The van der Waals surface area contributed by atoms with Gasteiger partial charge in [0.05, 0.1) is 25.1 Å². The van der Waals surface area contributed by atoms with E-state index in [4.69, 9.17) is 4.74 Å². The highest BCUT2D eigenvalue weighted by Gasteiger charge is 2.48. The minimum absolute atomic E-state index is 0.00596. The van der Waals surface area contributed by atoms with Gasteiger partial charge in [-0.2, -0.15) is 0 Å². The lowest BCUT2D eigenvalue weighted by Gasteiger charge is -2.45. The molecule has 2 fully saturated rings. The second-order valence-electron chi connectivity index (χ2n) is 13.0. The van der Waals surface area contributed by atoms with Crippen molar-refractivity contribution in [3.8, 4) is 0 Å².